The van der Waals surface area contributed by atoms with E-state index in [1.54, 1.807) is 41.3 Å². The molecule has 2 aromatic rings. The largest absolute Gasteiger partial charge is 0.240 e. The molecule has 1 aromatic heterocycles. The van der Waals surface area contributed by atoms with Gasteiger partial charge in [0.1, 0.15) is 0 Å². The number of halogens is 1. The number of rotatable bonds is 2. The molecule has 0 amide bonds. The molecule has 2 rings (SSSR count). The van der Waals surface area contributed by atoms with Crippen LogP contribution in [0.4, 0.5) is 0 Å². The van der Waals surface area contributed by atoms with Gasteiger partial charge in [-0.25, -0.2) is 13.1 Å². The third-order valence-corrected chi connectivity index (χ3v) is 3.62. The summed E-state index contributed by atoms with van der Waals surface area (Å²) in [5.74, 6) is 0. The quantitative estimate of drug-likeness (QED) is 0.853. The van der Waals surface area contributed by atoms with Crippen molar-refractivity contribution >= 4 is 25.8 Å². The molecule has 1 heterocycles. The lowest BCUT2D eigenvalue weighted by atomic mass is 10.3. The van der Waals surface area contributed by atoms with Gasteiger partial charge in [0.25, 0.3) is 0 Å². The number of benzene rings is 1. The third-order valence-electron chi connectivity index (χ3n) is 2.08. The maximum Gasteiger partial charge on any atom is 0.175 e. The van der Waals surface area contributed by atoms with Gasteiger partial charge in [0.2, 0.25) is 0 Å². The predicted molar refractivity (Wildman–Crippen MR) is 64.4 cm³/mol. The summed E-state index contributed by atoms with van der Waals surface area (Å²) in [4.78, 5) is 0.308. The first-order valence-electron chi connectivity index (χ1n) is 4.47. The van der Waals surface area contributed by atoms with Crippen LogP contribution in [0, 0.1) is 0 Å². The van der Waals surface area contributed by atoms with E-state index in [-0.39, 0.29) is 0 Å². The second-order valence-corrected chi connectivity index (χ2v) is 6.30. The Bertz CT molecular complexity index is 602. The summed E-state index contributed by atoms with van der Waals surface area (Å²) in [7, 11) is -3.14. The molecule has 0 saturated carbocycles. The average Bonchev–Trinajstić information content (AvgIpc) is 2.64. The smallest absolute Gasteiger partial charge is 0.175 e. The predicted octanol–water partition coefficient (Wildman–Crippen LogP) is 2.04. The zero-order valence-electron chi connectivity index (χ0n) is 8.46. The molecule has 0 bridgehead atoms. The molecule has 0 fully saturated rings. The van der Waals surface area contributed by atoms with E-state index in [1.807, 2.05) is 0 Å². The molecule has 1 aromatic carbocycles. The number of sulfone groups is 1. The Labute approximate surface area is 102 Å². The Morgan fingerprint density at radius 1 is 1.25 bits per heavy atom. The van der Waals surface area contributed by atoms with Crippen molar-refractivity contribution in [3.63, 3.8) is 0 Å². The molecule has 6 heteroatoms. The average molecular weight is 301 g/mol. The summed E-state index contributed by atoms with van der Waals surface area (Å²) in [6, 6.07) is 6.58. The fourth-order valence-corrected chi connectivity index (χ4v) is 2.20. The van der Waals surface area contributed by atoms with E-state index in [0.717, 1.165) is 10.2 Å². The van der Waals surface area contributed by atoms with E-state index in [2.05, 4.69) is 21.0 Å². The maximum absolute atomic E-state index is 11.3. The fraction of sp³-hybridized carbons (Fsp3) is 0.100. The molecule has 0 aliphatic rings. The highest BCUT2D eigenvalue weighted by atomic mass is 79.9. The molecule has 0 aliphatic carbocycles. The Balaban J connectivity index is 2.40. The van der Waals surface area contributed by atoms with Crippen molar-refractivity contribution in [2.75, 3.05) is 6.26 Å². The zero-order valence-corrected chi connectivity index (χ0v) is 10.9. The minimum Gasteiger partial charge on any atom is -0.240 e. The van der Waals surface area contributed by atoms with Gasteiger partial charge < -0.3 is 0 Å². The van der Waals surface area contributed by atoms with E-state index in [1.165, 1.54) is 6.26 Å². The van der Waals surface area contributed by atoms with Crippen LogP contribution in [0.5, 0.6) is 0 Å². The van der Waals surface area contributed by atoms with Gasteiger partial charge in [0, 0.05) is 12.5 Å². The van der Waals surface area contributed by atoms with E-state index >= 15 is 0 Å². The minimum absolute atomic E-state index is 0.308. The van der Waals surface area contributed by atoms with E-state index in [0.29, 0.717) is 4.90 Å². The summed E-state index contributed by atoms with van der Waals surface area (Å²) in [6.45, 7) is 0. The van der Waals surface area contributed by atoms with Crippen LogP contribution in [0.3, 0.4) is 0 Å². The van der Waals surface area contributed by atoms with Gasteiger partial charge in [-0.3, -0.25) is 0 Å². The minimum atomic E-state index is -3.14. The van der Waals surface area contributed by atoms with Crippen LogP contribution in [-0.4, -0.2) is 24.5 Å². The van der Waals surface area contributed by atoms with E-state index < -0.39 is 9.84 Å². The summed E-state index contributed by atoms with van der Waals surface area (Å²) in [6.07, 6.45) is 4.66. The van der Waals surface area contributed by atoms with Gasteiger partial charge in [0.05, 0.1) is 21.3 Å². The highest BCUT2D eigenvalue weighted by Crippen LogP contribution is 2.15. The van der Waals surface area contributed by atoms with Crippen LogP contribution in [0.15, 0.2) is 46.0 Å². The van der Waals surface area contributed by atoms with Crippen LogP contribution in [0.1, 0.15) is 0 Å². The third kappa shape index (κ3) is 2.33. The molecule has 16 heavy (non-hydrogen) atoms. The molecule has 0 atom stereocenters. The first-order chi connectivity index (χ1) is 7.47. The fourth-order valence-electron chi connectivity index (χ4n) is 1.29. The van der Waals surface area contributed by atoms with Crippen molar-refractivity contribution in [1.29, 1.82) is 0 Å². The molecular weight excluding hydrogens is 292 g/mol. The Morgan fingerprint density at radius 3 is 2.31 bits per heavy atom. The van der Waals surface area contributed by atoms with Crippen LogP contribution in [0.2, 0.25) is 0 Å². The second kappa shape index (κ2) is 4.03. The summed E-state index contributed by atoms with van der Waals surface area (Å²) in [5, 5.41) is 4.10. The van der Waals surface area contributed by atoms with Gasteiger partial charge >= 0.3 is 0 Å². The molecule has 0 saturated heterocycles. The topological polar surface area (TPSA) is 52.0 Å². The Hall–Kier alpha value is -1.14. The standard InChI is InChI=1S/C10H9BrN2O2S/c1-16(14,15)10-4-2-9(3-5-10)13-7-8(11)6-12-13/h2-7H,1H3. The monoisotopic (exact) mass is 300 g/mol. The summed E-state index contributed by atoms with van der Waals surface area (Å²) in [5.41, 5.74) is 0.818. The van der Waals surface area contributed by atoms with Gasteiger partial charge in [-0.05, 0) is 40.2 Å². The lowest BCUT2D eigenvalue weighted by Gasteiger charge is -2.02. The highest BCUT2D eigenvalue weighted by molar-refractivity contribution is 9.10. The summed E-state index contributed by atoms with van der Waals surface area (Å²) < 4.78 is 25.0. The van der Waals surface area contributed by atoms with Crippen molar-refractivity contribution < 1.29 is 8.42 Å². The molecule has 4 nitrogen and oxygen atoms in total. The van der Waals surface area contributed by atoms with Gasteiger partial charge in [0.15, 0.2) is 9.84 Å². The molecule has 0 unspecified atom stereocenters. The van der Waals surface area contributed by atoms with Crippen molar-refractivity contribution in [2.45, 2.75) is 4.90 Å². The number of nitrogens with zero attached hydrogens (tertiary/aromatic N) is 2. The van der Waals surface area contributed by atoms with E-state index in [4.69, 9.17) is 0 Å². The molecular formula is C10H9BrN2O2S. The lowest BCUT2D eigenvalue weighted by molar-refractivity contribution is 0.602. The number of aromatic nitrogens is 2. The highest BCUT2D eigenvalue weighted by Gasteiger charge is 2.06. The molecule has 0 radical (unpaired) electrons. The summed E-state index contributed by atoms with van der Waals surface area (Å²) >= 11 is 3.30. The van der Waals surface area contributed by atoms with Gasteiger partial charge in [-0.15, -0.1) is 0 Å². The molecule has 0 aliphatic heterocycles. The molecule has 0 N–H and O–H groups in total. The Kier molecular flexibility index (Phi) is 2.86. The first kappa shape index (κ1) is 11.3. The first-order valence-corrected chi connectivity index (χ1v) is 7.16. The normalized spacial score (nSPS) is 11.6. The van der Waals surface area contributed by atoms with Crippen molar-refractivity contribution in [2.24, 2.45) is 0 Å². The second-order valence-electron chi connectivity index (χ2n) is 3.37. The molecule has 0 spiro atoms. The van der Waals surface area contributed by atoms with Crippen LogP contribution in [-0.2, 0) is 9.84 Å². The van der Waals surface area contributed by atoms with Crippen LogP contribution < -0.4 is 0 Å². The Morgan fingerprint density at radius 2 is 1.88 bits per heavy atom. The van der Waals surface area contributed by atoms with Crippen molar-refractivity contribution in [3.05, 3.63) is 41.1 Å². The molecule has 84 valence electrons. The zero-order chi connectivity index (χ0) is 11.8. The maximum atomic E-state index is 11.3. The lowest BCUT2D eigenvalue weighted by Crippen LogP contribution is -1.98. The number of hydrogen-bond donors (Lipinski definition) is 0. The van der Waals surface area contributed by atoms with Gasteiger partial charge in [-0.2, -0.15) is 5.10 Å². The van der Waals surface area contributed by atoms with Gasteiger partial charge in [-0.1, -0.05) is 0 Å². The SMILES string of the molecule is CS(=O)(=O)c1ccc(-n2cc(Br)cn2)cc1. The van der Waals surface area contributed by atoms with E-state index in [9.17, 15) is 8.42 Å². The van der Waals surface area contributed by atoms with Crippen LogP contribution in [0.25, 0.3) is 5.69 Å². The van der Waals surface area contributed by atoms with Crippen molar-refractivity contribution in [3.8, 4) is 5.69 Å². The number of hydrogen-bond acceptors (Lipinski definition) is 3. The van der Waals surface area contributed by atoms with Crippen LogP contribution >= 0.6 is 15.9 Å². The van der Waals surface area contributed by atoms with Crippen molar-refractivity contribution in [1.82, 2.24) is 9.78 Å².